The van der Waals surface area contributed by atoms with Gasteiger partial charge in [-0.1, -0.05) is 30.7 Å². The van der Waals surface area contributed by atoms with Crippen molar-refractivity contribution in [2.24, 2.45) is 0 Å². The summed E-state index contributed by atoms with van der Waals surface area (Å²) in [5.41, 5.74) is -0.804. The van der Waals surface area contributed by atoms with Crippen LogP contribution in [-0.4, -0.2) is 57.2 Å². The summed E-state index contributed by atoms with van der Waals surface area (Å²) in [7, 11) is -4.16. The van der Waals surface area contributed by atoms with E-state index in [4.69, 9.17) is 0 Å². The van der Waals surface area contributed by atoms with Gasteiger partial charge in [-0.25, -0.2) is 8.42 Å². The molecular formula is C32H32F3N3O4S. The molecule has 0 aromatic heterocycles. The van der Waals surface area contributed by atoms with E-state index in [1.54, 1.807) is 12.1 Å². The summed E-state index contributed by atoms with van der Waals surface area (Å²) >= 11 is 0. The number of benzene rings is 3. The molecule has 3 aliphatic heterocycles. The third kappa shape index (κ3) is 5.56. The summed E-state index contributed by atoms with van der Waals surface area (Å²) in [4.78, 5) is 31.2. The molecule has 11 heteroatoms. The number of amides is 1. The van der Waals surface area contributed by atoms with E-state index in [1.165, 1.54) is 61.7 Å². The minimum Gasteiger partial charge on any atom is -0.371 e. The zero-order valence-corrected chi connectivity index (χ0v) is 24.3. The van der Waals surface area contributed by atoms with Gasteiger partial charge in [0.1, 0.15) is 0 Å². The number of nitrogens with zero attached hydrogens (tertiary/aromatic N) is 2. The SMILES string of the molecule is O=C(NCc1ccccc1C(F)(F)F)c1cccc2c1C(=O)c1ccc(N3CCC(N4CCCCC4)CC3)cc1S2(=O)=O. The molecule has 2 saturated heterocycles. The fourth-order valence-electron chi connectivity index (χ4n) is 6.54. The predicted molar refractivity (Wildman–Crippen MR) is 155 cm³/mol. The Morgan fingerprint density at radius 1 is 0.884 bits per heavy atom. The van der Waals surface area contributed by atoms with Gasteiger partial charge in [-0.05, 0) is 80.7 Å². The van der Waals surface area contributed by atoms with E-state index >= 15 is 0 Å². The van der Waals surface area contributed by atoms with Gasteiger partial charge in [-0.3, -0.25) is 9.59 Å². The van der Waals surface area contributed by atoms with Gasteiger partial charge in [0.25, 0.3) is 5.91 Å². The molecule has 1 amide bonds. The monoisotopic (exact) mass is 611 g/mol. The van der Waals surface area contributed by atoms with Crippen molar-refractivity contribution in [3.63, 3.8) is 0 Å². The first-order valence-electron chi connectivity index (χ1n) is 14.5. The van der Waals surface area contributed by atoms with Crippen molar-refractivity contribution in [2.75, 3.05) is 31.1 Å². The predicted octanol–water partition coefficient (Wildman–Crippen LogP) is 5.47. The van der Waals surface area contributed by atoms with Gasteiger partial charge in [0, 0.05) is 36.9 Å². The van der Waals surface area contributed by atoms with E-state index in [1.807, 2.05) is 0 Å². The highest BCUT2D eigenvalue weighted by molar-refractivity contribution is 7.91. The highest BCUT2D eigenvalue weighted by atomic mass is 32.2. The van der Waals surface area contributed by atoms with Crippen LogP contribution in [0.2, 0.25) is 0 Å². The van der Waals surface area contributed by atoms with Crippen LogP contribution in [0, 0.1) is 0 Å². The van der Waals surface area contributed by atoms with Crippen LogP contribution in [0.1, 0.15) is 69.5 Å². The van der Waals surface area contributed by atoms with Crippen LogP contribution in [0.25, 0.3) is 0 Å². The molecule has 6 rings (SSSR count). The Morgan fingerprint density at radius 3 is 2.33 bits per heavy atom. The average molecular weight is 612 g/mol. The Kier molecular flexibility index (Phi) is 7.80. The van der Waals surface area contributed by atoms with Crippen LogP contribution in [0.4, 0.5) is 18.9 Å². The molecule has 3 aromatic carbocycles. The number of ketones is 1. The zero-order valence-electron chi connectivity index (χ0n) is 23.5. The van der Waals surface area contributed by atoms with Crippen LogP contribution in [0.15, 0.2) is 70.5 Å². The van der Waals surface area contributed by atoms with Crippen LogP contribution in [-0.2, 0) is 22.6 Å². The molecule has 0 aliphatic carbocycles. The van der Waals surface area contributed by atoms with Crippen molar-refractivity contribution in [3.05, 3.63) is 88.5 Å². The number of carbonyl (C=O) groups excluding carboxylic acids is 2. The van der Waals surface area contributed by atoms with Crippen molar-refractivity contribution in [3.8, 4) is 0 Å². The quantitative estimate of drug-likeness (QED) is 0.322. The van der Waals surface area contributed by atoms with Gasteiger partial charge in [-0.2, -0.15) is 13.2 Å². The number of hydrogen-bond donors (Lipinski definition) is 1. The lowest BCUT2D eigenvalue weighted by molar-refractivity contribution is -0.138. The number of fused-ring (bicyclic) bond motifs is 2. The molecule has 0 saturated carbocycles. The van der Waals surface area contributed by atoms with Crippen LogP contribution in [0.3, 0.4) is 0 Å². The number of alkyl halides is 3. The van der Waals surface area contributed by atoms with E-state index < -0.39 is 39.8 Å². The number of hydrogen-bond acceptors (Lipinski definition) is 6. The number of anilines is 1. The van der Waals surface area contributed by atoms with E-state index in [0.717, 1.165) is 50.8 Å². The van der Waals surface area contributed by atoms with Gasteiger partial charge in [0.2, 0.25) is 9.84 Å². The van der Waals surface area contributed by atoms with Crippen molar-refractivity contribution in [1.82, 2.24) is 10.2 Å². The summed E-state index contributed by atoms with van der Waals surface area (Å²) < 4.78 is 67.9. The van der Waals surface area contributed by atoms with Crippen LogP contribution in [0.5, 0.6) is 0 Å². The van der Waals surface area contributed by atoms with Crippen molar-refractivity contribution >= 4 is 27.2 Å². The van der Waals surface area contributed by atoms with Gasteiger partial charge in [-0.15, -0.1) is 0 Å². The first-order valence-corrected chi connectivity index (χ1v) is 16.0. The van der Waals surface area contributed by atoms with Crippen molar-refractivity contribution < 1.29 is 31.2 Å². The summed E-state index contributed by atoms with van der Waals surface area (Å²) in [5.74, 6) is -1.45. The van der Waals surface area contributed by atoms with E-state index in [0.29, 0.717) is 6.04 Å². The van der Waals surface area contributed by atoms with Gasteiger partial charge in [0.05, 0.1) is 26.5 Å². The summed E-state index contributed by atoms with van der Waals surface area (Å²) in [6.07, 6.45) is 1.10. The highest BCUT2D eigenvalue weighted by Gasteiger charge is 2.39. The summed E-state index contributed by atoms with van der Waals surface area (Å²) in [5, 5.41) is 2.43. The Balaban J connectivity index is 1.24. The lowest BCUT2D eigenvalue weighted by atomic mass is 9.96. The maximum atomic E-state index is 13.8. The van der Waals surface area contributed by atoms with Gasteiger partial charge < -0.3 is 15.1 Å². The van der Waals surface area contributed by atoms with E-state index in [9.17, 15) is 31.2 Å². The zero-order chi connectivity index (χ0) is 30.4. The van der Waals surface area contributed by atoms with Crippen molar-refractivity contribution in [1.29, 1.82) is 0 Å². The van der Waals surface area contributed by atoms with E-state index in [-0.39, 0.29) is 32.0 Å². The maximum Gasteiger partial charge on any atom is 0.416 e. The normalized spacial score (nSPS) is 19.0. The molecule has 226 valence electrons. The number of nitrogens with one attached hydrogen (secondary N) is 1. The summed E-state index contributed by atoms with van der Waals surface area (Å²) in [6, 6.07) is 14.1. The molecule has 0 unspecified atom stereocenters. The second kappa shape index (κ2) is 11.4. The molecule has 0 atom stereocenters. The minimum absolute atomic E-state index is 0.0258. The Bertz CT molecular complexity index is 1680. The fraction of sp³-hybridized carbons (Fsp3) is 0.375. The maximum absolute atomic E-state index is 13.8. The largest absolute Gasteiger partial charge is 0.416 e. The highest BCUT2D eigenvalue weighted by Crippen LogP contribution is 2.39. The average Bonchev–Trinajstić information content (AvgIpc) is 3.02. The summed E-state index contributed by atoms with van der Waals surface area (Å²) in [6.45, 7) is 3.38. The Morgan fingerprint density at radius 2 is 1.60 bits per heavy atom. The Labute approximate surface area is 248 Å². The molecule has 1 N–H and O–H groups in total. The van der Waals surface area contributed by atoms with Crippen LogP contribution >= 0.6 is 0 Å². The van der Waals surface area contributed by atoms with Gasteiger partial charge >= 0.3 is 6.18 Å². The third-order valence-corrected chi connectivity index (χ3v) is 10.6. The van der Waals surface area contributed by atoms with Crippen LogP contribution < -0.4 is 10.2 Å². The molecule has 0 spiro atoms. The number of sulfone groups is 1. The lowest BCUT2D eigenvalue weighted by Crippen LogP contribution is -2.46. The topological polar surface area (TPSA) is 86.8 Å². The number of likely N-dealkylation sites (tertiary alicyclic amines) is 1. The smallest absolute Gasteiger partial charge is 0.371 e. The molecule has 7 nitrogen and oxygen atoms in total. The Hall–Kier alpha value is -3.70. The lowest BCUT2D eigenvalue weighted by Gasteiger charge is -2.41. The second-order valence-electron chi connectivity index (χ2n) is 11.3. The molecule has 3 aliphatic rings. The van der Waals surface area contributed by atoms with Gasteiger partial charge in [0.15, 0.2) is 5.78 Å². The molecule has 2 fully saturated rings. The number of halogens is 3. The second-order valence-corrected chi connectivity index (χ2v) is 13.2. The molecule has 43 heavy (non-hydrogen) atoms. The molecule has 3 heterocycles. The van der Waals surface area contributed by atoms with E-state index in [2.05, 4.69) is 15.1 Å². The minimum atomic E-state index is -4.61. The molecular weight excluding hydrogens is 579 g/mol. The standard InChI is InChI=1S/C32H32F3N3O4S/c33-32(34,35)26-9-3-2-7-21(26)20-36-31(40)25-8-6-10-27-29(25)30(39)24-12-11-23(19-28(24)43(27,41)42)38-17-13-22(14-18-38)37-15-4-1-5-16-37/h2-3,6-12,19,22H,1,4-5,13-18,20H2,(H,36,40). The molecule has 0 bridgehead atoms. The third-order valence-electron chi connectivity index (χ3n) is 8.79. The number of rotatable bonds is 5. The first kappa shape index (κ1) is 29.4. The number of piperidine rings is 2. The fourth-order valence-corrected chi connectivity index (χ4v) is 8.24. The molecule has 3 aromatic rings. The first-order chi connectivity index (χ1) is 20.6. The molecule has 0 radical (unpaired) electrons. The number of carbonyl (C=O) groups is 2. The van der Waals surface area contributed by atoms with Crippen molar-refractivity contribution in [2.45, 2.75) is 60.7 Å².